The number of amides is 2. The minimum Gasteiger partial charge on any atom is -0.465 e. The molecule has 2 amide bonds. The number of thioether (sulfide) groups is 1. The molecule has 25 heavy (non-hydrogen) atoms. The zero-order valence-corrected chi connectivity index (χ0v) is 14.8. The van der Waals surface area contributed by atoms with E-state index in [-0.39, 0.29) is 18.7 Å². The molecule has 6 nitrogen and oxygen atoms in total. The summed E-state index contributed by atoms with van der Waals surface area (Å²) >= 11 is 1.94. The quantitative estimate of drug-likeness (QED) is 0.897. The molecule has 0 unspecified atom stereocenters. The largest absolute Gasteiger partial charge is 0.465 e. The van der Waals surface area contributed by atoms with Crippen LogP contribution in [-0.4, -0.2) is 59.4 Å². The normalized spacial score (nSPS) is 24.4. The first-order valence-electron chi connectivity index (χ1n) is 8.38. The van der Waals surface area contributed by atoms with Crippen LogP contribution < -0.4 is 4.90 Å². The van der Waals surface area contributed by atoms with Gasteiger partial charge in [0.25, 0.3) is 0 Å². The summed E-state index contributed by atoms with van der Waals surface area (Å²) in [5.41, 5.74) is 4.64. The Kier molecular flexibility index (Phi) is 4.11. The average Bonchev–Trinajstić information content (AvgIpc) is 3.13. The molecule has 7 heteroatoms. The number of carbonyl (C=O) groups excluding carboxylic acids is 1. The van der Waals surface area contributed by atoms with Gasteiger partial charge in [-0.3, -0.25) is 4.90 Å². The number of ether oxygens (including phenoxy) is 1. The molecule has 0 aromatic heterocycles. The predicted molar refractivity (Wildman–Crippen MR) is 97.3 cm³/mol. The van der Waals surface area contributed by atoms with Gasteiger partial charge in [-0.15, -0.1) is 0 Å². The summed E-state index contributed by atoms with van der Waals surface area (Å²) in [6.07, 6.45) is 2.22. The fraction of sp³-hybridized carbons (Fsp3) is 0.444. The number of fused-ring (bicyclic) bond motifs is 3. The number of hydrogen-bond acceptors (Lipinski definition) is 4. The fourth-order valence-electron chi connectivity index (χ4n) is 3.77. The van der Waals surface area contributed by atoms with Crippen LogP contribution in [0.2, 0.25) is 0 Å². The Hall–Kier alpha value is -2.15. The van der Waals surface area contributed by atoms with Crippen molar-refractivity contribution in [2.45, 2.75) is 25.0 Å². The number of benzene rings is 1. The molecule has 1 fully saturated rings. The van der Waals surface area contributed by atoms with E-state index < -0.39 is 12.2 Å². The van der Waals surface area contributed by atoms with E-state index in [9.17, 15) is 9.59 Å². The monoisotopic (exact) mass is 360 g/mol. The van der Waals surface area contributed by atoms with Gasteiger partial charge >= 0.3 is 12.2 Å². The number of rotatable bonds is 3. The highest BCUT2D eigenvalue weighted by atomic mass is 32.2. The lowest BCUT2D eigenvalue weighted by molar-refractivity contribution is 0.0961. The maximum atomic E-state index is 12.3. The zero-order chi connectivity index (χ0) is 17.6. The molecule has 3 aliphatic heterocycles. The van der Waals surface area contributed by atoms with E-state index in [2.05, 4.69) is 18.2 Å². The second-order valence-corrected chi connectivity index (χ2v) is 7.77. The molecule has 1 saturated heterocycles. The molecule has 4 rings (SSSR count). The van der Waals surface area contributed by atoms with Crippen molar-refractivity contribution < 1.29 is 19.4 Å². The van der Waals surface area contributed by atoms with Gasteiger partial charge in [-0.05, 0) is 47.4 Å². The van der Waals surface area contributed by atoms with Crippen molar-refractivity contribution in [3.05, 3.63) is 35.4 Å². The van der Waals surface area contributed by atoms with Crippen molar-refractivity contribution in [2.24, 2.45) is 0 Å². The third-order valence-corrected chi connectivity index (χ3v) is 5.99. The first-order chi connectivity index (χ1) is 12.0. The van der Waals surface area contributed by atoms with Crippen molar-refractivity contribution >= 4 is 35.2 Å². The first kappa shape index (κ1) is 16.3. The molecule has 2 atom stereocenters. The molecule has 132 valence electrons. The van der Waals surface area contributed by atoms with Gasteiger partial charge in [0.2, 0.25) is 0 Å². The maximum absolute atomic E-state index is 12.3. The average molecular weight is 360 g/mol. The Bertz CT molecular complexity index is 763. The molecule has 1 aromatic rings. The number of hydrogen-bond donors (Lipinski definition) is 1. The molecule has 0 bridgehead atoms. The van der Waals surface area contributed by atoms with Crippen LogP contribution in [0.5, 0.6) is 0 Å². The van der Waals surface area contributed by atoms with Crippen LogP contribution in [0.25, 0.3) is 5.57 Å². The summed E-state index contributed by atoms with van der Waals surface area (Å²) in [7, 11) is 1.49. The number of nitrogens with zero attached hydrogens (tertiary/aromatic N) is 2. The van der Waals surface area contributed by atoms with Gasteiger partial charge in [0.15, 0.2) is 0 Å². The van der Waals surface area contributed by atoms with E-state index in [4.69, 9.17) is 9.84 Å². The SMILES string of the molecule is CN(C[C@@H]1OC(=O)N2c3ccc(C4=CCSCC4)cc3C[C@@H]12)C(=O)O. The molecule has 3 heterocycles. The topological polar surface area (TPSA) is 70.1 Å². The van der Waals surface area contributed by atoms with Gasteiger partial charge in [-0.1, -0.05) is 12.1 Å². The Morgan fingerprint density at radius 1 is 1.48 bits per heavy atom. The van der Waals surface area contributed by atoms with E-state index in [0.29, 0.717) is 6.42 Å². The third-order valence-electron chi connectivity index (χ3n) is 5.09. The molecular formula is C18H20N2O4S. The molecule has 3 aliphatic rings. The van der Waals surface area contributed by atoms with Crippen LogP contribution in [0.15, 0.2) is 24.3 Å². The number of carboxylic acid groups (broad SMARTS) is 1. The lowest BCUT2D eigenvalue weighted by atomic mass is 9.98. The van der Waals surface area contributed by atoms with Crippen molar-refractivity contribution in [3.63, 3.8) is 0 Å². The van der Waals surface area contributed by atoms with E-state index >= 15 is 0 Å². The van der Waals surface area contributed by atoms with Gasteiger partial charge in [0.1, 0.15) is 6.10 Å². The second kappa shape index (κ2) is 6.29. The second-order valence-electron chi connectivity index (χ2n) is 6.62. The van der Waals surface area contributed by atoms with Gasteiger partial charge in [-0.25, -0.2) is 9.59 Å². The summed E-state index contributed by atoms with van der Waals surface area (Å²) in [5, 5.41) is 9.07. The summed E-state index contributed by atoms with van der Waals surface area (Å²) in [4.78, 5) is 26.2. The number of allylic oxidation sites excluding steroid dienone is 1. The minimum absolute atomic E-state index is 0.129. The zero-order valence-electron chi connectivity index (χ0n) is 14.0. The lowest BCUT2D eigenvalue weighted by Gasteiger charge is -2.21. The molecule has 0 saturated carbocycles. The van der Waals surface area contributed by atoms with Gasteiger partial charge in [0.05, 0.1) is 18.3 Å². The highest BCUT2D eigenvalue weighted by Gasteiger charge is 2.48. The predicted octanol–water partition coefficient (Wildman–Crippen LogP) is 3.07. The summed E-state index contributed by atoms with van der Waals surface area (Å²) < 4.78 is 5.42. The highest BCUT2D eigenvalue weighted by Crippen LogP contribution is 2.40. The molecule has 0 spiro atoms. The number of cyclic esters (lactones) is 1. The van der Waals surface area contributed by atoms with Crippen LogP contribution in [0, 0.1) is 0 Å². The molecule has 1 N–H and O–H groups in total. The standard InChI is InChI=1S/C18H20N2O4S/c1-19(17(21)22)10-16-15-9-13-8-12(11-4-6-25-7-5-11)2-3-14(13)20(15)18(23)24-16/h2-4,8,15-16H,5-7,9-10H2,1H3,(H,21,22)/t15-,16-/m0/s1. The van der Waals surface area contributed by atoms with Crippen molar-refractivity contribution in [3.8, 4) is 0 Å². The number of likely N-dealkylation sites (N-methyl/N-ethyl adjacent to an activating group) is 1. The van der Waals surface area contributed by atoms with Crippen molar-refractivity contribution in [2.75, 3.05) is 30.0 Å². The van der Waals surface area contributed by atoms with Gasteiger partial charge < -0.3 is 14.7 Å². The summed E-state index contributed by atoms with van der Waals surface area (Å²) in [6, 6.07) is 6.13. The number of carbonyl (C=O) groups is 2. The highest BCUT2D eigenvalue weighted by molar-refractivity contribution is 7.99. The third kappa shape index (κ3) is 2.86. The Morgan fingerprint density at radius 3 is 3.04 bits per heavy atom. The minimum atomic E-state index is -1.02. The van der Waals surface area contributed by atoms with E-state index in [1.54, 1.807) is 4.90 Å². The Labute approximate surface area is 150 Å². The Balaban J connectivity index is 1.58. The van der Waals surface area contributed by atoms with Gasteiger partial charge in [-0.2, -0.15) is 11.8 Å². The van der Waals surface area contributed by atoms with Gasteiger partial charge in [0, 0.05) is 12.8 Å². The molecule has 0 radical (unpaired) electrons. The van der Waals surface area contributed by atoms with E-state index in [0.717, 1.165) is 29.2 Å². The lowest BCUT2D eigenvalue weighted by Crippen LogP contribution is -2.41. The van der Waals surface area contributed by atoms with Crippen LogP contribution in [0.3, 0.4) is 0 Å². The molecule has 1 aromatic carbocycles. The van der Waals surface area contributed by atoms with E-state index in [1.165, 1.54) is 23.1 Å². The van der Waals surface area contributed by atoms with Crippen LogP contribution in [0.4, 0.5) is 15.3 Å². The van der Waals surface area contributed by atoms with E-state index in [1.807, 2.05) is 17.8 Å². The van der Waals surface area contributed by atoms with Crippen LogP contribution in [0.1, 0.15) is 17.5 Å². The van der Waals surface area contributed by atoms with Crippen molar-refractivity contribution in [1.29, 1.82) is 0 Å². The van der Waals surface area contributed by atoms with Crippen molar-refractivity contribution in [1.82, 2.24) is 4.90 Å². The summed E-state index contributed by atoms with van der Waals surface area (Å²) in [6.45, 7) is 0.186. The Morgan fingerprint density at radius 2 is 2.32 bits per heavy atom. The van der Waals surface area contributed by atoms with Crippen LogP contribution >= 0.6 is 11.8 Å². The molecule has 0 aliphatic carbocycles. The van der Waals surface area contributed by atoms with Crippen LogP contribution in [-0.2, 0) is 11.2 Å². The smallest absolute Gasteiger partial charge is 0.415 e. The fourth-order valence-corrected chi connectivity index (χ4v) is 4.62. The first-order valence-corrected chi connectivity index (χ1v) is 9.54. The number of anilines is 1. The maximum Gasteiger partial charge on any atom is 0.415 e. The molecular weight excluding hydrogens is 340 g/mol. The summed E-state index contributed by atoms with van der Waals surface area (Å²) in [5.74, 6) is 2.20.